The van der Waals surface area contributed by atoms with E-state index in [1.165, 1.54) is 7.11 Å². The van der Waals surface area contributed by atoms with E-state index >= 15 is 0 Å². The fraction of sp³-hybridized carbons (Fsp3) is 0.161. The standard InChI is InChI=1S/C31H27ClN2O5/c1-37-22-13-8-19(9-14-22)29-28(30(35)33-20-10-17-27(39-3)26(32)18-20)24-6-4-5-7-25(24)31(36)34(29)21-11-15-23(38-2)16-12-21/h4-18,28-29H,1-3H3,(H,33,35)/t28-,29-/m0/s1. The van der Waals surface area contributed by atoms with E-state index in [2.05, 4.69) is 5.32 Å². The van der Waals surface area contributed by atoms with Crippen molar-refractivity contribution in [2.45, 2.75) is 12.0 Å². The lowest BCUT2D eigenvalue weighted by molar-refractivity contribution is -0.118. The van der Waals surface area contributed by atoms with Gasteiger partial charge in [0.15, 0.2) is 0 Å². The van der Waals surface area contributed by atoms with Crippen molar-refractivity contribution in [3.63, 3.8) is 0 Å². The summed E-state index contributed by atoms with van der Waals surface area (Å²) in [6.45, 7) is 0. The molecule has 0 aliphatic carbocycles. The first-order chi connectivity index (χ1) is 18.9. The van der Waals surface area contributed by atoms with Crippen LogP contribution in [0.2, 0.25) is 5.02 Å². The van der Waals surface area contributed by atoms with Crippen molar-refractivity contribution in [2.75, 3.05) is 31.5 Å². The third-order valence-electron chi connectivity index (χ3n) is 6.85. The Hall–Kier alpha value is -4.49. The summed E-state index contributed by atoms with van der Waals surface area (Å²) in [5.41, 5.74) is 3.05. The predicted octanol–water partition coefficient (Wildman–Crippen LogP) is 6.49. The third kappa shape index (κ3) is 5.01. The van der Waals surface area contributed by atoms with E-state index in [1.807, 2.05) is 48.5 Å². The van der Waals surface area contributed by atoms with Crippen molar-refractivity contribution in [1.29, 1.82) is 0 Å². The van der Waals surface area contributed by atoms with Crippen LogP contribution in [0.25, 0.3) is 0 Å². The lowest BCUT2D eigenvalue weighted by Crippen LogP contribution is -2.46. The van der Waals surface area contributed by atoms with Crippen LogP contribution in [0.3, 0.4) is 0 Å². The van der Waals surface area contributed by atoms with Crippen LogP contribution in [-0.2, 0) is 4.79 Å². The molecule has 1 N–H and O–H groups in total. The molecular formula is C31H27ClN2O5. The molecule has 4 aromatic carbocycles. The van der Waals surface area contributed by atoms with Crippen LogP contribution >= 0.6 is 11.6 Å². The minimum absolute atomic E-state index is 0.201. The molecule has 1 aliphatic rings. The molecule has 5 rings (SSSR count). The predicted molar refractivity (Wildman–Crippen MR) is 151 cm³/mol. The summed E-state index contributed by atoms with van der Waals surface area (Å²) in [5, 5.41) is 3.39. The van der Waals surface area contributed by atoms with Gasteiger partial charge in [-0.1, -0.05) is 41.9 Å². The normalized spacial score (nSPS) is 16.3. The highest BCUT2D eigenvalue weighted by molar-refractivity contribution is 6.32. The largest absolute Gasteiger partial charge is 0.497 e. The first kappa shape index (κ1) is 26.1. The molecule has 39 heavy (non-hydrogen) atoms. The van der Waals surface area contributed by atoms with Crippen LogP contribution in [0, 0.1) is 0 Å². The Kier molecular flexibility index (Phi) is 7.43. The second-order valence-corrected chi connectivity index (χ2v) is 9.40. The zero-order valence-corrected chi connectivity index (χ0v) is 22.4. The van der Waals surface area contributed by atoms with Crippen LogP contribution in [0.1, 0.15) is 33.4 Å². The number of anilines is 2. The minimum atomic E-state index is -0.740. The average Bonchev–Trinajstić information content (AvgIpc) is 2.97. The maximum Gasteiger partial charge on any atom is 0.259 e. The number of nitrogens with zero attached hydrogens (tertiary/aromatic N) is 1. The van der Waals surface area contributed by atoms with E-state index in [1.54, 1.807) is 61.6 Å². The van der Waals surface area contributed by atoms with Crippen molar-refractivity contribution in [3.8, 4) is 17.2 Å². The molecule has 1 aliphatic heterocycles. The molecule has 0 saturated heterocycles. The fourth-order valence-electron chi connectivity index (χ4n) is 4.95. The zero-order valence-electron chi connectivity index (χ0n) is 21.7. The topological polar surface area (TPSA) is 77.1 Å². The van der Waals surface area contributed by atoms with Crippen LogP contribution in [0.4, 0.5) is 11.4 Å². The lowest BCUT2D eigenvalue weighted by atomic mass is 9.78. The summed E-state index contributed by atoms with van der Waals surface area (Å²) in [4.78, 5) is 29.8. The lowest BCUT2D eigenvalue weighted by Gasteiger charge is -2.42. The highest BCUT2D eigenvalue weighted by Gasteiger charge is 2.45. The molecule has 0 bridgehead atoms. The molecule has 0 saturated carbocycles. The number of ether oxygens (including phenoxy) is 3. The molecule has 7 nitrogen and oxygen atoms in total. The van der Waals surface area contributed by atoms with Gasteiger partial charge in [-0.15, -0.1) is 0 Å². The molecule has 8 heteroatoms. The number of hydrogen-bond acceptors (Lipinski definition) is 5. The van der Waals surface area contributed by atoms with Gasteiger partial charge in [0.25, 0.3) is 5.91 Å². The fourth-order valence-corrected chi connectivity index (χ4v) is 5.21. The summed E-state index contributed by atoms with van der Waals surface area (Å²) < 4.78 is 15.9. The summed E-state index contributed by atoms with van der Waals surface area (Å²) in [7, 11) is 4.71. The number of halogens is 1. The molecule has 0 fully saturated rings. The van der Waals surface area contributed by atoms with Gasteiger partial charge in [-0.05, 0) is 71.8 Å². The van der Waals surface area contributed by atoms with E-state index in [0.29, 0.717) is 44.8 Å². The molecule has 0 aromatic heterocycles. The number of fused-ring (bicyclic) bond motifs is 1. The third-order valence-corrected chi connectivity index (χ3v) is 7.14. The molecule has 2 amide bonds. The van der Waals surface area contributed by atoms with Crippen molar-refractivity contribution in [2.24, 2.45) is 0 Å². The summed E-state index contributed by atoms with van der Waals surface area (Å²) in [6.07, 6.45) is 0. The van der Waals surface area contributed by atoms with Crippen LogP contribution < -0.4 is 24.4 Å². The Balaban J connectivity index is 1.66. The van der Waals surface area contributed by atoms with Crippen molar-refractivity contribution in [3.05, 3.63) is 113 Å². The molecule has 0 radical (unpaired) electrons. The number of hydrogen-bond donors (Lipinski definition) is 1. The number of methoxy groups -OCH3 is 3. The van der Waals surface area contributed by atoms with E-state index in [4.69, 9.17) is 25.8 Å². The smallest absolute Gasteiger partial charge is 0.259 e. The first-order valence-corrected chi connectivity index (χ1v) is 12.7. The molecule has 2 atom stereocenters. The molecular weight excluding hydrogens is 516 g/mol. The Morgan fingerprint density at radius 2 is 1.46 bits per heavy atom. The SMILES string of the molecule is COc1ccc([C@H]2[C@@H](C(=O)Nc3ccc(OC)c(Cl)c3)c3ccccc3C(=O)N2c2ccc(OC)cc2)cc1. The van der Waals surface area contributed by atoms with E-state index < -0.39 is 12.0 Å². The summed E-state index contributed by atoms with van der Waals surface area (Å²) in [6, 6.07) is 26.3. The highest BCUT2D eigenvalue weighted by atomic mass is 35.5. The van der Waals surface area contributed by atoms with Gasteiger partial charge in [0, 0.05) is 16.9 Å². The van der Waals surface area contributed by atoms with E-state index in [-0.39, 0.29) is 11.8 Å². The number of benzene rings is 4. The van der Waals surface area contributed by atoms with Gasteiger partial charge >= 0.3 is 0 Å². The van der Waals surface area contributed by atoms with Crippen LogP contribution in [-0.4, -0.2) is 33.1 Å². The molecule has 0 spiro atoms. The first-order valence-electron chi connectivity index (χ1n) is 12.3. The van der Waals surface area contributed by atoms with Crippen molar-refractivity contribution < 1.29 is 23.8 Å². The number of carbonyl (C=O) groups is 2. The Morgan fingerprint density at radius 3 is 2.08 bits per heavy atom. The van der Waals surface area contributed by atoms with Gasteiger partial charge in [-0.3, -0.25) is 14.5 Å². The monoisotopic (exact) mass is 542 g/mol. The Morgan fingerprint density at radius 1 is 0.821 bits per heavy atom. The summed E-state index contributed by atoms with van der Waals surface area (Å²) in [5.74, 6) is 0.616. The number of carbonyl (C=O) groups excluding carboxylic acids is 2. The molecule has 198 valence electrons. The second-order valence-electron chi connectivity index (χ2n) is 8.99. The number of amides is 2. The van der Waals surface area contributed by atoms with Gasteiger partial charge in [0.05, 0.1) is 38.3 Å². The highest BCUT2D eigenvalue weighted by Crippen LogP contribution is 2.46. The molecule has 0 unspecified atom stereocenters. The number of rotatable bonds is 7. The maximum absolute atomic E-state index is 14.1. The quantitative estimate of drug-likeness (QED) is 0.289. The molecule has 1 heterocycles. The van der Waals surface area contributed by atoms with E-state index in [0.717, 1.165) is 5.56 Å². The zero-order chi connectivity index (χ0) is 27.5. The van der Waals surface area contributed by atoms with Gasteiger partial charge in [0.2, 0.25) is 5.91 Å². The van der Waals surface area contributed by atoms with Crippen molar-refractivity contribution in [1.82, 2.24) is 0 Å². The second kappa shape index (κ2) is 11.1. The Labute approximate surface area is 231 Å². The number of nitrogens with one attached hydrogen (secondary N) is 1. The summed E-state index contributed by atoms with van der Waals surface area (Å²) >= 11 is 6.33. The molecule has 4 aromatic rings. The average molecular weight is 543 g/mol. The van der Waals surface area contributed by atoms with Crippen LogP contribution in [0.15, 0.2) is 91.0 Å². The minimum Gasteiger partial charge on any atom is -0.497 e. The van der Waals surface area contributed by atoms with E-state index in [9.17, 15) is 9.59 Å². The van der Waals surface area contributed by atoms with Gasteiger partial charge < -0.3 is 19.5 Å². The van der Waals surface area contributed by atoms with Crippen molar-refractivity contribution >= 4 is 34.8 Å². The van der Waals surface area contributed by atoms with Gasteiger partial charge in [0.1, 0.15) is 17.2 Å². The van der Waals surface area contributed by atoms with Gasteiger partial charge in [-0.2, -0.15) is 0 Å². The maximum atomic E-state index is 14.1. The van der Waals surface area contributed by atoms with Crippen LogP contribution in [0.5, 0.6) is 17.2 Å². The van der Waals surface area contributed by atoms with Gasteiger partial charge in [-0.25, -0.2) is 0 Å². The Bertz CT molecular complexity index is 1500.